The molecule has 0 spiro atoms. The molecular formula is C23H23N5O2S. The number of carbonyl (C=O) groups excluding carboxylic acids is 1. The molecule has 1 unspecified atom stereocenters. The number of hydrogen-bond donors (Lipinski definition) is 2. The highest BCUT2D eigenvalue weighted by Gasteiger charge is 2.18. The van der Waals surface area contributed by atoms with Gasteiger partial charge in [-0.3, -0.25) is 9.78 Å². The SMILES string of the molecule is COc1ccc(CNC(=O)c2nc(NC(C)c3ccccn3)nc3cc(C)sc23)cc1. The molecule has 3 heterocycles. The fourth-order valence-corrected chi connectivity index (χ4v) is 4.11. The number of hydrogen-bond acceptors (Lipinski definition) is 7. The molecule has 31 heavy (non-hydrogen) atoms. The first-order valence-electron chi connectivity index (χ1n) is 9.90. The second kappa shape index (κ2) is 9.09. The highest BCUT2D eigenvalue weighted by molar-refractivity contribution is 7.19. The number of pyridine rings is 1. The van der Waals surface area contributed by atoms with Crippen LogP contribution in [0.4, 0.5) is 5.95 Å². The molecule has 1 atom stereocenters. The van der Waals surface area contributed by atoms with Gasteiger partial charge >= 0.3 is 0 Å². The van der Waals surface area contributed by atoms with Crippen LogP contribution in [0.3, 0.4) is 0 Å². The molecule has 3 aromatic heterocycles. The number of benzene rings is 1. The van der Waals surface area contributed by atoms with E-state index < -0.39 is 0 Å². The van der Waals surface area contributed by atoms with Crippen LogP contribution in [0.5, 0.6) is 5.75 Å². The molecule has 1 aromatic carbocycles. The second-order valence-corrected chi connectivity index (χ2v) is 8.37. The molecule has 0 saturated carbocycles. The van der Waals surface area contributed by atoms with E-state index in [4.69, 9.17) is 4.74 Å². The number of methoxy groups -OCH3 is 1. The zero-order chi connectivity index (χ0) is 21.8. The Morgan fingerprint density at radius 1 is 1.16 bits per heavy atom. The van der Waals surface area contributed by atoms with Crippen molar-refractivity contribution in [3.63, 3.8) is 0 Å². The minimum Gasteiger partial charge on any atom is -0.497 e. The van der Waals surface area contributed by atoms with E-state index in [1.165, 1.54) is 11.3 Å². The van der Waals surface area contributed by atoms with Gasteiger partial charge in [-0.15, -0.1) is 11.3 Å². The van der Waals surface area contributed by atoms with E-state index in [9.17, 15) is 4.79 Å². The molecule has 8 heteroatoms. The normalized spacial score (nSPS) is 11.8. The molecule has 0 aliphatic carbocycles. The van der Waals surface area contributed by atoms with Gasteiger partial charge in [0.2, 0.25) is 5.95 Å². The van der Waals surface area contributed by atoms with Gasteiger partial charge in [0.1, 0.15) is 5.75 Å². The number of nitrogens with zero attached hydrogens (tertiary/aromatic N) is 3. The number of rotatable bonds is 7. The van der Waals surface area contributed by atoms with Gasteiger partial charge in [0.25, 0.3) is 5.91 Å². The van der Waals surface area contributed by atoms with E-state index >= 15 is 0 Å². The molecule has 4 rings (SSSR count). The van der Waals surface area contributed by atoms with Gasteiger partial charge < -0.3 is 15.4 Å². The standard InChI is InChI=1S/C23H23N5O2S/c1-14-12-19-21(31-14)20(22(29)25-13-16-7-9-17(30-3)10-8-16)28-23(27-19)26-15(2)18-6-4-5-11-24-18/h4-12,15H,13H2,1-3H3,(H,25,29)(H,26,27,28). The minimum absolute atomic E-state index is 0.103. The van der Waals surface area contributed by atoms with Crippen LogP contribution in [-0.2, 0) is 6.54 Å². The topological polar surface area (TPSA) is 89.0 Å². The summed E-state index contributed by atoms with van der Waals surface area (Å²) >= 11 is 1.52. The number of nitrogens with one attached hydrogen (secondary N) is 2. The lowest BCUT2D eigenvalue weighted by Gasteiger charge is -2.14. The molecule has 4 aromatic rings. The maximum atomic E-state index is 13.0. The van der Waals surface area contributed by atoms with E-state index in [0.717, 1.165) is 32.1 Å². The summed E-state index contributed by atoms with van der Waals surface area (Å²) in [5.74, 6) is 0.941. The molecule has 158 valence electrons. The van der Waals surface area contributed by atoms with E-state index in [0.29, 0.717) is 18.2 Å². The van der Waals surface area contributed by atoms with Crippen LogP contribution in [0.25, 0.3) is 10.2 Å². The van der Waals surface area contributed by atoms with Crippen LogP contribution in [0.1, 0.15) is 39.6 Å². The summed E-state index contributed by atoms with van der Waals surface area (Å²) in [7, 11) is 1.63. The summed E-state index contributed by atoms with van der Waals surface area (Å²) in [5, 5.41) is 6.23. The zero-order valence-corrected chi connectivity index (χ0v) is 18.4. The van der Waals surface area contributed by atoms with Gasteiger partial charge in [0.15, 0.2) is 5.69 Å². The number of carbonyl (C=O) groups is 1. The summed E-state index contributed by atoms with van der Waals surface area (Å²) in [5.41, 5.74) is 2.97. The maximum Gasteiger partial charge on any atom is 0.271 e. The molecule has 0 aliphatic heterocycles. The van der Waals surface area contributed by atoms with Gasteiger partial charge in [0.05, 0.1) is 29.1 Å². The second-order valence-electron chi connectivity index (χ2n) is 7.12. The molecular weight excluding hydrogens is 410 g/mol. The zero-order valence-electron chi connectivity index (χ0n) is 17.5. The van der Waals surface area contributed by atoms with Crippen LogP contribution >= 0.6 is 11.3 Å². The Balaban J connectivity index is 1.57. The van der Waals surface area contributed by atoms with Crippen LogP contribution in [0.15, 0.2) is 54.7 Å². The van der Waals surface area contributed by atoms with Crippen LogP contribution in [0.2, 0.25) is 0 Å². The number of thiophene rings is 1. The number of aryl methyl sites for hydroxylation is 1. The van der Waals surface area contributed by atoms with Gasteiger partial charge in [-0.25, -0.2) is 9.97 Å². The first-order chi connectivity index (χ1) is 15.0. The Labute approximate surface area is 184 Å². The van der Waals surface area contributed by atoms with Crippen LogP contribution in [-0.4, -0.2) is 28.0 Å². The molecule has 0 saturated heterocycles. The fraction of sp³-hybridized carbons (Fsp3) is 0.217. The van der Waals surface area contributed by atoms with Crippen molar-refractivity contribution in [3.05, 3.63) is 76.6 Å². The predicted molar refractivity (Wildman–Crippen MR) is 123 cm³/mol. The predicted octanol–water partition coefficient (Wildman–Crippen LogP) is 4.51. The fourth-order valence-electron chi connectivity index (χ4n) is 3.18. The largest absolute Gasteiger partial charge is 0.497 e. The van der Waals surface area contributed by atoms with E-state index in [-0.39, 0.29) is 11.9 Å². The third kappa shape index (κ3) is 4.80. The smallest absolute Gasteiger partial charge is 0.271 e. The molecule has 7 nitrogen and oxygen atoms in total. The Morgan fingerprint density at radius 2 is 1.97 bits per heavy atom. The summed E-state index contributed by atoms with van der Waals surface area (Å²) in [6.07, 6.45) is 1.75. The Kier molecular flexibility index (Phi) is 6.08. The van der Waals surface area contributed by atoms with Crippen molar-refractivity contribution in [2.45, 2.75) is 26.4 Å². The quantitative estimate of drug-likeness (QED) is 0.446. The van der Waals surface area contributed by atoms with E-state index in [1.807, 2.05) is 62.4 Å². The third-order valence-corrected chi connectivity index (χ3v) is 5.85. The number of ether oxygens (including phenoxy) is 1. The van der Waals surface area contributed by atoms with Crippen molar-refractivity contribution in [2.75, 3.05) is 12.4 Å². The maximum absolute atomic E-state index is 13.0. The highest BCUT2D eigenvalue weighted by atomic mass is 32.1. The van der Waals surface area contributed by atoms with Gasteiger partial charge in [0, 0.05) is 17.6 Å². The first-order valence-corrected chi connectivity index (χ1v) is 10.7. The monoisotopic (exact) mass is 433 g/mol. The van der Waals surface area contributed by atoms with Crippen molar-refractivity contribution >= 4 is 33.4 Å². The summed E-state index contributed by atoms with van der Waals surface area (Å²) in [6.45, 7) is 4.37. The van der Waals surface area contributed by atoms with Crippen molar-refractivity contribution in [1.82, 2.24) is 20.3 Å². The van der Waals surface area contributed by atoms with Gasteiger partial charge in [-0.05, 0) is 49.7 Å². The highest BCUT2D eigenvalue weighted by Crippen LogP contribution is 2.28. The van der Waals surface area contributed by atoms with Gasteiger partial charge in [-0.2, -0.15) is 0 Å². The van der Waals surface area contributed by atoms with Crippen molar-refractivity contribution < 1.29 is 9.53 Å². The summed E-state index contributed by atoms with van der Waals surface area (Å²) < 4.78 is 5.96. The number of aromatic nitrogens is 3. The third-order valence-electron chi connectivity index (χ3n) is 4.80. The average molecular weight is 434 g/mol. The summed E-state index contributed by atoms with van der Waals surface area (Å²) in [4.78, 5) is 27.6. The summed E-state index contributed by atoms with van der Waals surface area (Å²) in [6, 6.07) is 15.2. The van der Waals surface area contributed by atoms with E-state index in [2.05, 4.69) is 25.6 Å². The Bertz CT molecular complexity index is 1190. The molecule has 1 amide bonds. The molecule has 0 aliphatic rings. The van der Waals surface area contributed by atoms with Crippen molar-refractivity contribution in [3.8, 4) is 5.75 Å². The van der Waals surface area contributed by atoms with Crippen molar-refractivity contribution in [1.29, 1.82) is 0 Å². The lowest BCUT2D eigenvalue weighted by Crippen LogP contribution is -2.24. The van der Waals surface area contributed by atoms with Crippen LogP contribution in [0, 0.1) is 6.92 Å². The number of anilines is 1. The van der Waals surface area contributed by atoms with Crippen LogP contribution < -0.4 is 15.4 Å². The van der Waals surface area contributed by atoms with Crippen molar-refractivity contribution in [2.24, 2.45) is 0 Å². The average Bonchev–Trinajstić information content (AvgIpc) is 3.17. The minimum atomic E-state index is -0.237. The van der Waals surface area contributed by atoms with Gasteiger partial charge in [-0.1, -0.05) is 18.2 Å². The first kappa shape index (κ1) is 20.7. The Morgan fingerprint density at radius 3 is 2.68 bits per heavy atom. The van der Waals surface area contributed by atoms with E-state index in [1.54, 1.807) is 13.3 Å². The lowest BCUT2D eigenvalue weighted by atomic mass is 10.2. The molecule has 0 bridgehead atoms. The molecule has 2 N–H and O–H groups in total. The Hall–Kier alpha value is -3.52. The number of fused-ring (bicyclic) bond motifs is 1. The number of amides is 1. The lowest BCUT2D eigenvalue weighted by molar-refractivity contribution is 0.0948. The molecule has 0 radical (unpaired) electrons. The molecule has 0 fully saturated rings.